The lowest BCUT2D eigenvalue weighted by Crippen LogP contribution is -2.11. The molecule has 3 N–H and O–H groups in total. The van der Waals surface area contributed by atoms with Crippen LogP contribution < -0.4 is 10.5 Å². The van der Waals surface area contributed by atoms with Gasteiger partial charge in [0.2, 0.25) is 5.91 Å². The fourth-order valence-corrected chi connectivity index (χ4v) is 1.77. The normalized spacial score (nSPS) is 14.3. The zero-order chi connectivity index (χ0) is 8.55. The molecule has 1 amide bonds. The van der Waals surface area contributed by atoms with Gasteiger partial charge < -0.3 is 5.73 Å². The Morgan fingerprint density at radius 3 is 3.33 bits per heavy atom. The van der Waals surface area contributed by atoms with Crippen LogP contribution in [0.3, 0.4) is 0 Å². The van der Waals surface area contributed by atoms with E-state index in [9.17, 15) is 4.79 Å². The summed E-state index contributed by atoms with van der Waals surface area (Å²) in [6.45, 7) is 0.744. The largest absolute Gasteiger partial charge is 0.366 e. The summed E-state index contributed by atoms with van der Waals surface area (Å²) in [7, 11) is 0. The van der Waals surface area contributed by atoms with Gasteiger partial charge in [0.1, 0.15) is 5.03 Å². The van der Waals surface area contributed by atoms with Crippen LogP contribution in [-0.4, -0.2) is 10.9 Å². The molecule has 0 aliphatic carbocycles. The third kappa shape index (κ3) is 1.17. The van der Waals surface area contributed by atoms with E-state index in [2.05, 4.69) is 9.71 Å². The summed E-state index contributed by atoms with van der Waals surface area (Å²) in [6, 6.07) is 1.78. The van der Waals surface area contributed by atoms with Gasteiger partial charge in [0.25, 0.3) is 0 Å². The van der Waals surface area contributed by atoms with Crippen molar-refractivity contribution in [2.24, 2.45) is 5.73 Å². The van der Waals surface area contributed by atoms with E-state index in [1.165, 1.54) is 18.1 Å². The van der Waals surface area contributed by atoms with Gasteiger partial charge in [-0.15, -0.1) is 0 Å². The fraction of sp³-hybridized carbons (Fsp3) is 0.143. The van der Waals surface area contributed by atoms with Crippen molar-refractivity contribution in [3.05, 3.63) is 23.4 Å². The minimum atomic E-state index is -0.429. The molecule has 0 fully saturated rings. The maximum Gasteiger partial charge on any atom is 0.250 e. The lowest BCUT2D eigenvalue weighted by molar-refractivity contribution is 0.0999. The number of carbonyl (C=O) groups excluding carboxylic acids is 1. The lowest BCUT2D eigenvalue weighted by Gasteiger charge is -1.97. The molecule has 0 bridgehead atoms. The van der Waals surface area contributed by atoms with Gasteiger partial charge in [0, 0.05) is 18.3 Å². The van der Waals surface area contributed by atoms with Crippen molar-refractivity contribution in [3.8, 4) is 0 Å². The Morgan fingerprint density at radius 2 is 2.58 bits per heavy atom. The molecular formula is C7H7N3OS. The quantitative estimate of drug-likeness (QED) is 0.611. The summed E-state index contributed by atoms with van der Waals surface area (Å²) in [4.78, 5) is 14.8. The Labute approximate surface area is 73.7 Å². The number of nitrogens with two attached hydrogens (primary N) is 1. The van der Waals surface area contributed by atoms with Gasteiger partial charge in [-0.1, -0.05) is 0 Å². The first kappa shape index (κ1) is 7.57. The molecule has 0 saturated carbocycles. The second-order valence-electron chi connectivity index (χ2n) is 2.48. The Morgan fingerprint density at radius 1 is 1.75 bits per heavy atom. The molecule has 0 radical (unpaired) electrons. The van der Waals surface area contributed by atoms with Gasteiger partial charge >= 0.3 is 0 Å². The van der Waals surface area contributed by atoms with Crippen molar-refractivity contribution in [1.82, 2.24) is 9.71 Å². The first-order valence-electron chi connectivity index (χ1n) is 3.46. The molecule has 0 unspecified atom stereocenters. The lowest BCUT2D eigenvalue weighted by atomic mass is 10.2. The summed E-state index contributed by atoms with van der Waals surface area (Å²) in [5, 5.41) is 0.931. The van der Waals surface area contributed by atoms with Crippen molar-refractivity contribution in [2.75, 3.05) is 0 Å². The molecule has 2 heterocycles. The number of primary amides is 1. The van der Waals surface area contributed by atoms with E-state index in [1.54, 1.807) is 6.07 Å². The van der Waals surface area contributed by atoms with Crippen LogP contribution in [0.1, 0.15) is 15.9 Å². The molecule has 0 spiro atoms. The number of amides is 1. The second kappa shape index (κ2) is 2.76. The molecule has 0 atom stereocenters. The Bertz CT molecular complexity index is 339. The van der Waals surface area contributed by atoms with Gasteiger partial charge in [0.15, 0.2) is 0 Å². The topological polar surface area (TPSA) is 68.0 Å². The molecule has 0 aromatic carbocycles. The van der Waals surface area contributed by atoms with Crippen LogP contribution in [0.5, 0.6) is 0 Å². The maximum atomic E-state index is 10.8. The number of pyridine rings is 1. The van der Waals surface area contributed by atoms with Crippen LogP contribution in [0.4, 0.5) is 0 Å². The number of nitrogens with zero attached hydrogens (tertiary/aromatic N) is 1. The summed E-state index contributed by atoms with van der Waals surface area (Å²) >= 11 is 1.48. The Hall–Kier alpha value is -1.07. The fourth-order valence-electron chi connectivity index (χ4n) is 1.03. The molecule has 12 heavy (non-hydrogen) atoms. The number of aromatic nitrogens is 1. The molecular weight excluding hydrogens is 174 g/mol. The van der Waals surface area contributed by atoms with E-state index in [-0.39, 0.29) is 0 Å². The molecule has 5 heteroatoms. The van der Waals surface area contributed by atoms with Crippen molar-refractivity contribution in [3.63, 3.8) is 0 Å². The highest BCUT2D eigenvalue weighted by atomic mass is 32.2. The molecule has 1 aliphatic rings. The van der Waals surface area contributed by atoms with Crippen molar-refractivity contribution in [2.45, 2.75) is 11.6 Å². The first-order valence-corrected chi connectivity index (χ1v) is 4.27. The van der Waals surface area contributed by atoms with Crippen LogP contribution in [0, 0.1) is 0 Å². The summed E-state index contributed by atoms with van der Waals surface area (Å²) in [5.74, 6) is -0.429. The van der Waals surface area contributed by atoms with E-state index in [0.29, 0.717) is 5.56 Å². The van der Waals surface area contributed by atoms with Crippen LogP contribution in [0.2, 0.25) is 0 Å². The Kier molecular flexibility index (Phi) is 1.74. The molecule has 1 aliphatic heterocycles. The summed E-state index contributed by atoms with van der Waals surface area (Å²) in [6.07, 6.45) is 1.50. The first-order chi connectivity index (χ1) is 5.77. The predicted octanol–water partition coefficient (Wildman–Crippen LogP) is 0.291. The van der Waals surface area contributed by atoms with Crippen LogP contribution in [-0.2, 0) is 6.54 Å². The van der Waals surface area contributed by atoms with Crippen LogP contribution >= 0.6 is 11.9 Å². The van der Waals surface area contributed by atoms with Gasteiger partial charge in [-0.25, -0.2) is 4.98 Å². The number of carbonyl (C=O) groups is 1. The number of hydrogen-bond donors (Lipinski definition) is 2. The smallest absolute Gasteiger partial charge is 0.250 e. The van der Waals surface area contributed by atoms with Crippen molar-refractivity contribution >= 4 is 17.9 Å². The van der Waals surface area contributed by atoms with E-state index in [0.717, 1.165) is 17.1 Å². The summed E-state index contributed by atoms with van der Waals surface area (Å²) < 4.78 is 3.06. The molecule has 1 aromatic heterocycles. The average Bonchev–Trinajstić information content (AvgIpc) is 2.49. The SMILES string of the molecule is NC(=O)c1cnc2c(c1)CNS2. The minimum absolute atomic E-state index is 0.429. The van der Waals surface area contributed by atoms with Gasteiger partial charge in [-0.3, -0.25) is 9.52 Å². The molecule has 0 saturated heterocycles. The third-order valence-corrected chi connectivity index (χ3v) is 2.49. The highest BCUT2D eigenvalue weighted by Gasteiger charge is 2.13. The number of nitrogens with one attached hydrogen (secondary N) is 1. The maximum absolute atomic E-state index is 10.8. The Balaban J connectivity index is 2.45. The van der Waals surface area contributed by atoms with Crippen LogP contribution in [0.15, 0.2) is 17.3 Å². The van der Waals surface area contributed by atoms with Gasteiger partial charge in [-0.05, 0) is 18.0 Å². The number of hydrogen-bond acceptors (Lipinski definition) is 4. The molecule has 1 aromatic rings. The zero-order valence-electron chi connectivity index (χ0n) is 6.20. The average molecular weight is 181 g/mol. The highest BCUT2D eigenvalue weighted by Crippen LogP contribution is 2.24. The monoisotopic (exact) mass is 181 g/mol. The predicted molar refractivity (Wildman–Crippen MR) is 45.5 cm³/mol. The van der Waals surface area contributed by atoms with Gasteiger partial charge in [0.05, 0.1) is 5.56 Å². The zero-order valence-corrected chi connectivity index (χ0v) is 7.02. The minimum Gasteiger partial charge on any atom is -0.366 e. The van der Waals surface area contributed by atoms with E-state index < -0.39 is 5.91 Å². The molecule has 4 nitrogen and oxygen atoms in total. The van der Waals surface area contributed by atoms with Crippen molar-refractivity contribution < 1.29 is 4.79 Å². The van der Waals surface area contributed by atoms with E-state index in [4.69, 9.17) is 5.73 Å². The number of rotatable bonds is 1. The molecule has 62 valence electrons. The highest BCUT2D eigenvalue weighted by molar-refractivity contribution is 7.97. The number of fused-ring (bicyclic) bond motifs is 1. The molecule has 2 rings (SSSR count). The van der Waals surface area contributed by atoms with Crippen LogP contribution in [0.25, 0.3) is 0 Å². The summed E-state index contributed by atoms with van der Waals surface area (Å²) in [5.41, 5.74) is 6.61. The standard InChI is InChI=1S/C7H7N3OS/c8-6(11)4-1-5-3-10-12-7(5)9-2-4/h1-2,10H,3H2,(H2,8,11). The van der Waals surface area contributed by atoms with Gasteiger partial charge in [-0.2, -0.15) is 0 Å². The third-order valence-electron chi connectivity index (χ3n) is 1.64. The van der Waals surface area contributed by atoms with E-state index in [1.807, 2.05) is 0 Å². The van der Waals surface area contributed by atoms with Crippen molar-refractivity contribution in [1.29, 1.82) is 0 Å². The second-order valence-corrected chi connectivity index (χ2v) is 3.36. The van der Waals surface area contributed by atoms with E-state index >= 15 is 0 Å².